The van der Waals surface area contributed by atoms with E-state index in [0.29, 0.717) is 5.69 Å². The van der Waals surface area contributed by atoms with Crippen molar-refractivity contribution in [2.75, 3.05) is 6.26 Å². The molecule has 0 spiro atoms. The Labute approximate surface area is 63.7 Å². The van der Waals surface area contributed by atoms with E-state index >= 15 is 0 Å². The van der Waals surface area contributed by atoms with E-state index in [0.717, 1.165) is 11.2 Å². The molecule has 1 rings (SSSR count). The van der Waals surface area contributed by atoms with Gasteiger partial charge in [0.1, 0.15) is 5.69 Å². The third-order valence-corrected chi connectivity index (χ3v) is 1.83. The Morgan fingerprint density at radius 3 is 3.10 bits per heavy atom. The Morgan fingerprint density at radius 1 is 1.70 bits per heavy atom. The normalized spacial score (nSPS) is 9.30. The monoisotopic (exact) mass is 153 g/mol. The van der Waals surface area contributed by atoms with Crippen molar-refractivity contribution in [1.82, 2.24) is 4.98 Å². The number of nitrogens with zero attached hydrogens (tertiary/aromatic N) is 1. The van der Waals surface area contributed by atoms with Crippen molar-refractivity contribution < 1.29 is 4.79 Å². The molecular formula is C7H7NOS. The first-order valence-electron chi connectivity index (χ1n) is 2.82. The molecule has 0 unspecified atom stereocenters. The van der Waals surface area contributed by atoms with E-state index in [1.807, 2.05) is 12.3 Å². The first-order chi connectivity index (χ1) is 4.86. The zero-order valence-electron chi connectivity index (χ0n) is 5.57. The van der Waals surface area contributed by atoms with Crippen LogP contribution in [0.3, 0.4) is 0 Å². The average molecular weight is 153 g/mol. The molecule has 0 fully saturated rings. The molecule has 1 aromatic rings. The predicted octanol–water partition coefficient (Wildman–Crippen LogP) is 1.62. The van der Waals surface area contributed by atoms with Gasteiger partial charge in [0, 0.05) is 11.1 Å². The molecule has 10 heavy (non-hydrogen) atoms. The molecule has 0 aliphatic rings. The van der Waals surface area contributed by atoms with Gasteiger partial charge in [0.15, 0.2) is 6.29 Å². The number of hydrogen-bond donors (Lipinski definition) is 0. The number of rotatable bonds is 2. The summed E-state index contributed by atoms with van der Waals surface area (Å²) in [5.41, 5.74) is 0.492. The largest absolute Gasteiger partial charge is 0.296 e. The molecular weight excluding hydrogens is 146 g/mol. The number of hydrogen-bond acceptors (Lipinski definition) is 3. The topological polar surface area (TPSA) is 30.0 Å². The zero-order chi connectivity index (χ0) is 7.40. The summed E-state index contributed by atoms with van der Waals surface area (Å²) in [6.45, 7) is 0. The van der Waals surface area contributed by atoms with E-state index in [-0.39, 0.29) is 0 Å². The van der Waals surface area contributed by atoms with E-state index in [1.54, 1.807) is 24.0 Å². The van der Waals surface area contributed by atoms with Crippen molar-refractivity contribution in [3.8, 4) is 0 Å². The van der Waals surface area contributed by atoms with Crippen LogP contribution in [0, 0.1) is 0 Å². The highest BCUT2D eigenvalue weighted by Gasteiger charge is 1.91. The van der Waals surface area contributed by atoms with Gasteiger partial charge in [-0.15, -0.1) is 11.8 Å². The molecule has 0 radical (unpaired) electrons. The van der Waals surface area contributed by atoms with Gasteiger partial charge < -0.3 is 0 Å². The first-order valence-corrected chi connectivity index (χ1v) is 4.04. The summed E-state index contributed by atoms with van der Waals surface area (Å²) in [7, 11) is 0. The second kappa shape index (κ2) is 3.37. The molecule has 0 saturated heterocycles. The molecule has 0 bridgehead atoms. The van der Waals surface area contributed by atoms with E-state index in [1.165, 1.54) is 0 Å². The summed E-state index contributed by atoms with van der Waals surface area (Å²) in [5, 5.41) is 0. The maximum Gasteiger partial charge on any atom is 0.168 e. The number of thioether (sulfide) groups is 1. The van der Waals surface area contributed by atoms with Gasteiger partial charge in [0.25, 0.3) is 0 Å². The lowest BCUT2D eigenvalue weighted by Crippen LogP contribution is -1.84. The molecule has 3 heteroatoms. The average Bonchev–Trinajstić information content (AvgIpc) is 2.05. The first kappa shape index (κ1) is 7.28. The Morgan fingerprint density at radius 2 is 2.50 bits per heavy atom. The van der Waals surface area contributed by atoms with Crippen LogP contribution in [0.2, 0.25) is 0 Å². The van der Waals surface area contributed by atoms with E-state index in [2.05, 4.69) is 4.98 Å². The molecule has 0 aromatic carbocycles. The van der Waals surface area contributed by atoms with Gasteiger partial charge in [-0.1, -0.05) is 0 Å². The van der Waals surface area contributed by atoms with Crippen molar-refractivity contribution in [3.05, 3.63) is 24.0 Å². The Bertz CT molecular complexity index is 237. The second-order valence-electron chi connectivity index (χ2n) is 1.74. The fourth-order valence-corrected chi connectivity index (χ4v) is 1.05. The number of aromatic nitrogens is 1. The van der Waals surface area contributed by atoms with Crippen molar-refractivity contribution in [1.29, 1.82) is 0 Å². The van der Waals surface area contributed by atoms with Crippen LogP contribution in [0.15, 0.2) is 23.2 Å². The summed E-state index contributed by atoms with van der Waals surface area (Å²) < 4.78 is 0. The molecule has 1 aromatic heterocycles. The van der Waals surface area contributed by atoms with Crippen LogP contribution in [-0.2, 0) is 0 Å². The van der Waals surface area contributed by atoms with Crippen molar-refractivity contribution in [2.45, 2.75) is 4.90 Å². The van der Waals surface area contributed by atoms with Crippen LogP contribution in [-0.4, -0.2) is 17.5 Å². The van der Waals surface area contributed by atoms with Crippen LogP contribution >= 0.6 is 11.8 Å². The van der Waals surface area contributed by atoms with Crippen LogP contribution < -0.4 is 0 Å². The molecule has 0 N–H and O–H groups in total. The Kier molecular flexibility index (Phi) is 2.45. The molecule has 52 valence electrons. The van der Waals surface area contributed by atoms with Crippen molar-refractivity contribution in [3.63, 3.8) is 0 Å². The predicted molar refractivity (Wildman–Crippen MR) is 41.4 cm³/mol. The highest BCUT2D eigenvalue weighted by atomic mass is 32.2. The minimum Gasteiger partial charge on any atom is -0.296 e. The molecule has 0 aliphatic heterocycles. The van der Waals surface area contributed by atoms with Gasteiger partial charge in [-0.2, -0.15) is 0 Å². The van der Waals surface area contributed by atoms with Crippen LogP contribution in [0.5, 0.6) is 0 Å². The smallest absolute Gasteiger partial charge is 0.168 e. The summed E-state index contributed by atoms with van der Waals surface area (Å²) in [6.07, 6.45) is 4.35. The molecule has 0 amide bonds. The third kappa shape index (κ3) is 1.57. The van der Waals surface area contributed by atoms with Crippen LogP contribution in [0.4, 0.5) is 0 Å². The van der Waals surface area contributed by atoms with Gasteiger partial charge in [-0.3, -0.25) is 9.78 Å². The van der Waals surface area contributed by atoms with E-state index < -0.39 is 0 Å². The van der Waals surface area contributed by atoms with E-state index in [4.69, 9.17) is 0 Å². The Balaban J connectivity index is 2.98. The van der Waals surface area contributed by atoms with Crippen LogP contribution in [0.1, 0.15) is 10.5 Å². The fraction of sp³-hybridized carbons (Fsp3) is 0.143. The molecule has 2 nitrogen and oxygen atoms in total. The zero-order valence-corrected chi connectivity index (χ0v) is 6.39. The quantitative estimate of drug-likeness (QED) is 0.477. The summed E-state index contributed by atoms with van der Waals surface area (Å²) >= 11 is 1.60. The molecule has 0 aliphatic carbocycles. The number of carbonyl (C=O) groups excluding carboxylic acids is 1. The van der Waals surface area contributed by atoms with Crippen LogP contribution in [0.25, 0.3) is 0 Å². The third-order valence-electron chi connectivity index (χ3n) is 1.11. The fourth-order valence-electron chi connectivity index (χ4n) is 0.619. The maximum atomic E-state index is 10.2. The lowest BCUT2D eigenvalue weighted by Gasteiger charge is -1.93. The van der Waals surface area contributed by atoms with Gasteiger partial charge in [0.05, 0.1) is 0 Å². The Hall–Kier alpha value is -0.830. The van der Waals surface area contributed by atoms with Crippen molar-refractivity contribution >= 4 is 18.0 Å². The number of aldehydes is 1. The lowest BCUT2D eigenvalue weighted by atomic mass is 10.4. The lowest BCUT2D eigenvalue weighted by molar-refractivity contribution is 0.111. The minimum absolute atomic E-state index is 0.492. The molecule has 1 heterocycles. The van der Waals surface area contributed by atoms with Gasteiger partial charge in [-0.25, -0.2) is 0 Å². The number of pyridine rings is 1. The highest BCUT2D eigenvalue weighted by molar-refractivity contribution is 7.98. The SMILES string of the molecule is CSc1ccnc(C=O)c1. The maximum absolute atomic E-state index is 10.2. The highest BCUT2D eigenvalue weighted by Crippen LogP contribution is 2.12. The minimum atomic E-state index is 0.492. The number of carbonyl (C=O) groups is 1. The van der Waals surface area contributed by atoms with Gasteiger partial charge in [0.2, 0.25) is 0 Å². The second-order valence-corrected chi connectivity index (χ2v) is 2.62. The standard InChI is InChI=1S/C7H7NOS/c1-10-7-2-3-8-6(4-7)5-9/h2-5H,1H3. The summed E-state index contributed by atoms with van der Waals surface area (Å²) in [5.74, 6) is 0. The summed E-state index contributed by atoms with van der Waals surface area (Å²) in [6, 6.07) is 3.63. The van der Waals surface area contributed by atoms with Gasteiger partial charge >= 0.3 is 0 Å². The summed E-state index contributed by atoms with van der Waals surface area (Å²) in [4.78, 5) is 15.1. The molecule has 0 saturated carbocycles. The van der Waals surface area contributed by atoms with E-state index in [9.17, 15) is 4.79 Å². The van der Waals surface area contributed by atoms with Gasteiger partial charge in [-0.05, 0) is 18.4 Å². The van der Waals surface area contributed by atoms with Crippen molar-refractivity contribution in [2.24, 2.45) is 0 Å². The molecule has 0 atom stereocenters.